The molecule has 1 aliphatic rings. The van der Waals surface area contributed by atoms with Crippen molar-refractivity contribution in [3.8, 4) is 12.1 Å². The van der Waals surface area contributed by atoms with Crippen molar-refractivity contribution in [2.75, 3.05) is 0 Å². The summed E-state index contributed by atoms with van der Waals surface area (Å²) in [7, 11) is 0. The molecule has 1 fully saturated rings. The van der Waals surface area contributed by atoms with Crippen LogP contribution in [0.4, 0.5) is 4.79 Å². The number of nitriles is 2. The SMILES string of the molecule is CC(C#N)C(N=NC(N)=O)C1(C#N)CCCCC1. The summed E-state index contributed by atoms with van der Waals surface area (Å²) in [4.78, 5) is 10.7. The van der Waals surface area contributed by atoms with Gasteiger partial charge in [-0.25, -0.2) is 4.79 Å². The van der Waals surface area contributed by atoms with Gasteiger partial charge in [-0.2, -0.15) is 15.6 Å². The third kappa shape index (κ3) is 3.04. The van der Waals surface area contributed by atoms with E-state index in [1.165, 1.54) is 0 Å². The average molecular weight is 247 g/mol. The van der Waals surface area contributed by atoms with Crippen molar-refractivity contribution in [3.63, 3.8) is 0 Å². The molecule has 2 N–H and O–H groups in total. The molecule has 0 aromatic rings. The van der Waals surface area contributed by atoms with Crippen molar-refractivity contribution in [2.24, 2.45) is 27.3 Å². The van der Waals surface area contributed by atoms with Crippen molar-refractivity contribution >= 4 is 6.03 Å². The minimum absolute atomic E-state index is 0.467. The van der Waals surface area contributed by atoms with Crippen LogP contribution < -0.4 is 5.73 Å². The van der Waals surface area contributed by atoms with E-state index in [9.17, 15) is 10.1 Å². The number of hydrogen-bond acceptors (Lipinski definition) is 4. The van der Waals surface area contributed by atoms with Gasteiger partial charge in [-0.3, -0.25) is 0 Å². The minimum Gasteiger partial charge on any atom is -0.348 e. The molecule has 6 nitrogen and oxygen atoms in total. The Morgan fingerprint density at radius 1 is 1.33 bits per heavy atom. The molecule has 0 radical (unpaired) electrons. The highest BCUT2D eigenvalue weighted by Gasteiger charge is 2.43. The normalized spacial score (nSPS) is 21.7. The van der Waals surface area contributed by atoms with Crippen LogP contribution in [-0.4, -0.2) is 12.1 Å². The van der Waals surface area contributed by atoms with Crippen molar-refractivity contribution < 1.29 is 4.79 Å². The Labute approximate surface area is 106 Å². The van der Waals surface area contributed by atoms with Crippen LogP contribution in [0.2, 0.25) is 0 Å². The first-order chi connectivity index (χ1) is 8.55. The lowest BCUT2D eigenvalue weighted by atomic mass is 9.67. The van der Waals surface area contributed by atoms with E-state index in [0.717, 1.165) is 19.3 Å². The maximum Gasteiger partial charge on any atom is 0.356 e. The first-order valence-electron chi connectivity index (χ1n) is 6.07. The zero-order valence-corrected chi connectivity index (χ0v) is 10.5. The van der Waals surface area contributed by atoms with E-state index in [1.54, 1.807) is 6.92 Å². The maximum atomic E-state index is 10.7. The second-order valence-corrected chi connectivity index (χ2v) is 4.74. The summed E-state index contributed by atoms with van der Waals surface area (Å²) in [6.45, 7) is 1.69. The molecule has 0 aromatic heterocycles. The second-order valence-electron chi connectivity index (χ2n) is 4.74. The van der Waals surface area contributed by atoms with Gasteiger partial charge in [0.2, 0.25) is 0 Å². The van der Waals surface area contributed by atoms with Gasteiger partial charge in [-0.05, 0) is 19.8 Å². The highest BCUT2D eigenvalue weighted by molar-refractivity contribution is 5.71. The highest BCUT2D eigenvalue weighted by Crippen LogP contribution is 2.42. The lowest BCUT2D eigenvalue weighted by Crippen LogP contribution is -2.38. The van der Waals surface area contributed by atoms with E-state index in [0.29, 0.717) is 12.8 Å². The van der Waals surface area contributed by atoms with Crippen LogP contribution in [0.5, 0.6) is 0 Å². The van der Waals surface area contributed by atoms with E-state index in [-0.39, 0.29) is 0 Å². The molecule has 0 aliphatic heterocycles. The second kappa shape index (κ2) is 6.11. The summed E-state index contributed by atoms with van der Waals surface area (Å²) in [5, 5.41) is 25.7. The summed E-state index contributed by atoms with van der Waals surface area (Å²) in [5.41, 5.74) is 4.24. The molecule has 2 unspecified atom stereocenters. The molecule has 1 saturated carbocycles. The van der Waals surface area contributed by atoms with Crippen LogP contribution >= 0.6 is 0 Å². The predicted octanol–water partition coefficient (Wildman–Crippen LogP) is 2.52. The molecule has 6 heteroatoms. The Balaban J connectivity index is 3.04. The summed E-state index contributed by atoms with van der Waals surface area (Å²) in [6, 6.07) is 2.91. The Hall–Kier alpha value is -1.95. The molecule has 18 heavy (non-hydrogen) atoms. The van der Waals surface area contributed by atoms with Crippen LogP contribution in [0.3, 0.4) is 0 Å². The Bertz CT molecular complexity index is 411. The first-order valence-corrected chi connectivity index (χ1v) is 6.07. The molecular formula is C12H17N5O. The smallest absolute Gasteiger partial charge is 0.348 e. The molecule has 0 heterocycles. The lowest BCUT2D eigenvalue weighted by molar-refractivity contribution is 0.189. The first kappa shape index (κ1) is 14.1. The number of carbonyl (C=O) groups excluding carboxylic acids is 1. The van der Waals surface area contributed by atoms with Crippen molar-refractivity contribution in [2.45, 2.75) is 45.1 Å². The van der Waals surface area contributed by atoms with Gasteiger partial charge in [0.1, 0.15) is 6.04 Å². The van der Waals surface area contributed by atoms with Gasteiger partial charge in [-0.15, -0.1) is 0 Å². The van der Waals surface area contributed by atoms with Crippen molar-refractivity contribution in [1.29, 1.82) is 10.5 Å². The molecule has 0 bridgehead atoms. The molecular weight excluding hydrogens is 230 g/mol. The van der Waals surface area contributed by atoms with E-state index >= 15 is 0 Å². The molecule has 1 rings (SSSR count). The highest BCUT2D eigenvalue weighted by atomic mass is 16.2. The number of amides is 2. The number of azo groups is 1. The molecule has 2 atom stereocenters. The number of hydrogen-bond donors (Lipinski definition) is 1. The summed E-state index contributed by atoms with van der Waals surface area (Å²) in [5.74, 6) is -0.467. The van der Waals surface area contributed by atoms with Crippen LogP contribution in [0, 0.1) is 34.0 Å². The van der Waals surface area contributed by atoms with Gasteiger partial charge in [-0.1, -0.05) is 24.4 Å². The number of carbonyl (C=O) groups is 1. The number of rotatable bonds is 3. The average Bonchev–Trinajstić information content (AvgIpc) is 2.39. The van der Waals surface area contributed by atoms with Crippen LogP contribution in [0.1, 0.15) is 39.0 Å². The minimum atomic E-state index is -0.894. The zero-order valence-electron chi connectivity index (χ0n) is 10.5. The van der Waals surface area contributed by atoms with Crippen LogP contribution in [-0.2, 0) is 0 Å². The standard InChI is InChI=1S/C12H17N5O/c1-9(7-13)10(16-17-11(15)18)12(8-14)5-3-2-4-6-12/h9-10H,2-6H2,1H3,(H2,15,18). The van der Waals surface area contributed by atoms with Gasteiger partial charge < -0.3 is 5.73 Å². The fraction of sp³-hybridized carbons (Fsp3) is 0.750. The van der Waals surface area contributed by atoms with Gasteiger partial charge >= 0.3 is 6.03 Å². The molecule has 0 spiro atoms. The number of primary amides is 1. The molecule has 0 aromatic carbocycles. The Morgan fingerprint density at radius 3 is 2.39 bits per heavy atom. The summed E-state index contributed by atoms with van der Waals surface area (Å²) < 4.78 is 0. The van der Waals surface area contributed by atoms with E-state index < -0.39 is 23.4 Å². The molecule has 1 aliphatic carbocycles. The van der Waals surface area contributed by atoms with E-state index in [2.05, 4.69) is 22.4 Å². The number of nitrogens with two attached hydrogens (primary N) is 1. The van der Waals surface area contributed by atoms with Crippen LogP contribution in [0.15, 0.2) is 10.2 Å². The van der Waals surface area contributed by atoms with Crippen molar-refractivity contribution in [3.05, 3.63) is 0 Å². The maximum absolute atomic E-state index is 10.7. The number of urea groups is 1. The van der Waals surface area contributed by atoms with Gasteiger partial charge in [0.05, 0.1) is 23.5 Å². The fourth-order valence-corrected chi connectivity index (χ4v) is 2.54. The Kier molecular flexibility index (Phi) is 4.79. The largest absolute Gasteiger partial charge is 0.356 e. The zero-order chi connectivity index (χ0) is 13.6. The molecule has 96 valence electrons. The van der Waals surface area contributed by atoms with E-state index in [1.807, 2.05) is 0 Å². The van der Waals surface area contributed by atoms with Crippen LogP contribution in [0.25, 0.3) is 0 Å². The Morgan fingerprint density at radius 2 is 1.94 bits per heavy atom. The predicted molar refractivity (Wildman–Crippen MR) is 64.1 cm³/mol. The van der Waals surface area contributed by atoms with Gasteiger partial charge in [0.25, 0.3) is 0 Å². The third-order valence-corrected chi connectivity index (χ3v) is 3.49. The molecule has 2 amide bonds. The monoisotopic (exact) mass is 247 g/mol. The third-order valence-electron chi connectivity index (χ3n) is 3.49. The quantitative estimate of drug-likeness (QED) is 0.772. The number of nitrogens with zero attached hydrogens (tertiary/aromatic N) is 4. The van der Waals surface area contributed by atoms with E-state index in [4.69, 9.17) is 11.0 Å². The fourth-order valence-electron chi connectivity index (χ4n) is 2.54. The topological polar surface area (TPSA) is 115 Å². The van der Waals surface area contributed by atoms with Gasteiger partial charge in [0, 0.05) is 0 Å². The lowest BCUT2D eigenvalue weighted by Gasteiger charge is -2.36. The summed E-state index contributed by atoms with van der Waals surface area (Å²) in [6.07, 6.45) is 4.35. The summed E-state index contributed by atoms with van der Waals surface area (Å²) >= 11 is 0. The van der Waals surface area contributed by atoms with Gasteiger partial charge in [0.15, 0.2) is 0 Å². The van der Waals surface area contributed by atoms with Crippen molar-refractivity contribution in [1.82, 2.24) is 0 Å². The molecule has 0 saturated heterocycles.